The first-order valence-corrected chi connectivity index (χ1v) is 8.18. The Labute approximate surface area is 143 Å². The third-order valence-electron chi connectivity index (χ3n) is 4.93. The minimum absolute atomic E-state index is 0.299. The first-order valence-electron chi connectivity index (χ1n) is 8.18. The number of benzene rings is 2. The van der Waals surface area contributed by atoms with Gasteiger partial charge in [0.1, 0.15) is 22.7 Å². The maximum atomic E-state index is 13.8. The topological polar surface area (TPSA) is 49.4 Å². The molecule has 2 amide bonds. The largest absolute Gasteiger partial charge is 0.320 e. The van der Waals surface area contributed by atoms with Crippen molar-refractivity contribution in [2.24, 2.45) is 5.41 Å². The Morgan fingerprint density at radius 2 is 1.68 bits per heavy atom. The molecule has 0 saturated heterocycles. The van der Waals surface area contributed by atoms with Crippen molar-refractivity contribution in [1.29, 1.82) is 0 Å². The molecule has 1 aliphatic carbocycles. The standard InChI is InChI=1S/C19H16F2N2O2/c20-13-5-3-6-14(21)16(13)22-17(24)19(9-10-19)18(25)23-11-8-12-4-1-2-7-15(12)23/h1-7H,8-11H2,(H,22,24). The van der Waals surface area contributed by atoms with Gasteiger partial charge in [0, 0.05) is 12.2 Å². The first kappa shape index (κ1) is 15.7. The third kappa shape index (κ3) is 2.49. The quantitative estimate of drug-likeness (QED) is 0.871. The average molecular weight is 342 g/mol. The zero-order valence-electron chi connectivity index (χ0n) is 13.4. The molecule has 1 heterocycles. The van der Waals surface area contributed by atoms with Crippen LogP contribution in [0, 0.1) is 17.0 Å². The lowest BCUT2D eigenvalue weighted by Crippen LogP contribution is -2.42. The number of hydrogen-bond acceptors (Lipinski definition) is 2. The number of nitrogens with zero attached hydrogens (tertiary/aromatic N) is 1. The van der Waals surface area contributed by atoms with Gasteiger partial charge in [0.2, 0.25) is 11.8 Å². The molecule has 1 N–H and O–H groups in total. The Balaban J connectivity index is 1.58. The molecule has 1 saturated carbocycles. The lowest BCUT2D eigenvalue weighted by Gasteiger charge is -2.23. The number of carbonyl (C=O) groups excluding carboxylic acids is 2. The second-order valence-electron chi connectivity index (χ2n) is 6.47. The summed E-state index contributed by atoms with van der Waals surface area (Å²) in [5.41, 5.74) is 0.135. The number of para-hydroxylation sites is 2. The van der Waals surface area contributed by atoms with E-state index in [9.17, 15) is 18.4 Å². The lowest BCUT2D eigenvalue weighted by atomic mass is 10.0. The Hall–Kier alpha value is -2.76. The molecule has 0 aromatic heterocycles. The normalized spacial score (nSPS) is 17.1. The van der Waals surface area contributed by atoms with E-state index in [1.807, 2.05) is 24.3 Å². The van der Waals surface area contributed by atoms with E-state index >= 15 is 0 Å². The van der Waals surface area contributed by atoms with Crippen LogP contribution in [-0.4, -0.2) is 18.4 Å². The number of halogens is 2. The maximum absolute atomic E-state index is 13.8. The summed E-state index contributed by atoms with van der Waals surface area (Å²) in [6.07, 6.45) is 1.50. The number of rotatable bonds is 3. The number of nitrogens with one attached hydrogen (secondary N) is 1. The number of anilines is 2. The summed E-state index contributed by atoms with van der Waals surface area (Å²) in [6, 6.07) is 10.9. The molecule has 128 valence electrons. The molecule has 0 radical (unpaired) electrons. The monoisotopic (exact) mass is 342 g/mol. The number of fused-ring (bicyclic) bond motifs is 1. The van der Waals surface area contributed by atoms with Crippen LogP contribution >= 0.6 is 0 Å². The zero-order chi connectivity index (χ0) is 17.6. The summed E-state index contributed by atoms with van der Waals surface area (Å²) in [4.78, 5) is 27.2. The summed E-state index contributed by atoms with van der Waals surface area (Å²) in [7, 11) is 0. The van der Waals surface area contributed by atoms with Crippen LogP contribution in [0.2, 0.25) is 0 Å². The molecule has 4 nitrogen and oxygen atoms in total. The van der Waals surface area contributed by atoms with Crippen LogP contribution in [0.15, 0.2) is 42.5 Å². The van der Waals surface area contributed by atoms with Gasteiger partial charge in [0.25, 0.3) is 0 Å². The van der Waals surface area contributed by atoms with Crippen molar-refractivity contribution in [1.82, 2.24) is 0 Å². The van der Waals surface area contributed by atoms with Gasteiger partial charge >= 0.3 is 0 Å². The van der Waals surface area contributed by atoms with Crippen molar-refractivity contribution in [3.8, 4) is 0 Å². The predicted molar refractivity (Wildman–Crippen MR) is 89.2 cm³/mol. The van der Waals surface area contributed by atoms with Gasteiger partial charge in [-0.15, -0.1) is 0 Å². The molecule has 0 bridgehead atoms. The van der Waals surface area contributed by atoms with Crippen molar-refractivity contribution in [2.75, 3.05) is 16.8 Å². The van der Waals surface area contributed by atoms with Gasteiger partial charge < -0.3 is 10.2 Å². The van der Waals surface area contributed by atoms with E-state index in [1.54, 1.807) is 4.90 Å². The minimum Gasteiger partial charge on any atom is -0.320 e. The second-order valence-corrected chi connectivity index (χ2v) is 6.47. The van der Waals surface area contributed by atoms with E-state index < -0.39 is 28.6 Å². The SMILES string of the molecule is O=C(Nc1c(F)cccc1F)C1(C(=O)N2CCc3ccccc32)CC1. The molecule has 2 aliphatic rings. The van der Waals surface area contributed by atoms with Crippen LogP contribution in [-0.2, 0) is 16.0 Å². The Morgan fingerprint density at radius 3 is 2.36 bits per heavy atom. The molecule has 0 atom stereocenters. The van der Waals surface area contributed by atoms with Crippen LogP contribution in [0.5, 0.6) is 0 Å². The van der Waals surface area contributed by atoms with Crippen molar-refractivity contribution in [3.63, 3.8) is 0 Å². The summed E-state index contributed by atoms with van der Waals surface area (Å²) in [5.74, 6) is -2.66. The van der Waals surface area contributed by atoms with E-state index in [-0.39, 0.29) is 5.91 Å². The summed E-state index contributed by atoms with van der Waals surface area (Å²) in [5, 5.41) is 2.27. The molecular formula is C19H16F2N2O2. The highest BCUT2D eigenvalue weighted by Gasteiger charge is 2.58. The second kappa shape index (κ2) is 5.65. The highest BCUT2D eigenvalue weighted by Crippen LogP contribution is 2.49. The molecule has 4 rings (SSSR count). The van der Waals surface area contributed by atoms with Gasteiger partial charge in [0.05, 0.1) is 0 Å². The molecule has 0 spiro atoms. The van der Waals surface area contributed by atoms with Gasteiger partial charge in [-0.1, -0.05) is 24.3 Å². The highest BCUT2D eigenvalue weighted by molar-refractivity contribution is 6.18. The average Bonchev–Trinajstić information content (AvgIpc) is 3.31. The van der Waals surface area contributed by atoms with Crippen LogP contribution in [0.3, 0.4) is 0 Å². The van der Waals surface area contributed by atoms with Gasteiger partial charge in [0.15, 0.2) is 0 Å². The molecular weight excluding hydrogens is 326 g/mol. The van der Waals surface area contributed by atoms with E-state index in [0.29, 0.717) is 19.4 Å². The first-order chi connectivity index (χ1) is 12.0. The van der Waals surface area contributed by atoms with E-state index in [0.717, 1.165) is 29.8 Å². The van der Waals surface area contributed by atoms with E-state index in [2.05, 4.69) is 5.32 Å². The Bertz CT molecular complexity index is 857. The van der Waals surface area contributed by atoms with Crippen molar-refractivity contribution in [2.45, 2.75) is 19.3 Å². The van der Waals surface area contributed by atoms with E-state index in [1.165, 1.54) is 6.07 Å². The smallest absolute Gasteiger partial charge is 0.242 e. The van der Waals surface area contributed by atoms with Crippen molar-refractivity contribution < 1.29 is 18.4 Å². The number of amides is 2. The van der Waals surface area contributed by atoms with E-state index in [4.69, 9.17) is 0 Å². The molecule has 2 aromatic carbocycles. The summed E-state index contributed by atoms with van der Waals surface area (Å²) < 4.78 is 27.5. The fourth-order valence-electron chi connectivity index (χ4n) is 3.32. The zero-order valence-corrected chi connectivity index (χ0v) is 13.4. The Morgan fingerprint density at radius 1 is 1.00 bits per heavy atom. The molecule has 6 heteroatoms. The summed E-state index contributed by atoms with van der Waals surface area (Å²) in [6.45, 7) is 0.515. The number of carbonyl (C=O) groups is 2. The predicted octanol–water partition coefficient (Wildman–Crippen LogP) is 3.27. The molecule has 25 heavy (non-hydrogen) atoms. The fraction of sp³-hybridized carbons (Fsp3) is 0.263. The third-order valence-corrected chi connectivity index (χ3v) is 4.93. The van der Waals surface area contributed by atoms with Crippen molar-refractivity contribution >= 4 is 23.2 Å². The lowest BCUT2D eigenvalue weighted by molar-refractivity contribution is -0.132. The summed E-state index contributed by atoms with van der Waals surface area (Å²) >= 11 is 0. The maximum Gasteiger partial charge on any atom is 0.242 e. The highest BCUT2D eigenvalue weighted by atomic mass is 19.1. The fourth-order valence-corrected chi connectivity index (χ4v) is 3.32. The van der Waals surface area contributed by atoms with Gasteiger partial charge in [-0.05, 0) is 43.0 Å². The van der Waals surface area contributed by atoms with Gasteiger partial charge in [-0.2, -0.15) is 0 Å². The Kier molecular flexibility index (Phi) is 3.56. The van der Waals surface area contributed by atoms with Crippen LogP contribution < -0.4 is 10.2 Å². The van der Waals surface area contributed by atoms with Crippen LogP contribution in [0.1, 0.15) is 18.4 Å². The molecule has 0 unspecified atom stereocenters. The molecule has 2 aromatic rings. The van der Waals surface area contributed by atoms with Crippen molar-refractivity contribution in [3.05, 3.63) is 59.7 Å². The van der Waals surface area contributed by atoms with Crippen LogP contribution in [0.25, 0.3) is 0 Å². The van der Waals surface area contributed by atoms with Gasteiger partial charge in [-0.25, -0.2) is 8.78 Å². The molecule has 1 aliphatic heterocycles. The van der Waals surface area contributed by atoms with Gasteiger partial charge in [-0.3, -0.25) is 9.59 Å². The number of hydrogen-bond donors (Lipinski definition) is 1. The van der Waals surface area contributed by atoms with Crippen LogP contribution in [0.4, 0.5) is 20.2 Å². The minimum atomic E-state index is -1.23. The molecule has 1 fully saturated rings.